The molecular weight excluding hydrogens is 217 g/mol. The standard InChI is InChI=1S/C11H14FNO.ClH/c12-10-5-9(6-13)3-4-11(10)14-7-8-1-2-8;/h3-5,8H,1-2,6-7,13H2;1H. The van der Waals surface area contributed by atoms with Gasteiger partial charge in [-0.2, -0.15) is 0 Å². The third-order valence-corrected chi connectivity index (χ3v) is 2.40. The van der Waals surface area contributed by atoms with Crippen LogP contribution in [0.2, 0.25) is 0 Å². The van der Waals surface area contributed by atoms with Gasteiger partial charge in [0, 0.05) is 6.54 Å². The fourth-order valence-electron chi connectivity index (χ4n) is 1.28. The molecule has 0 heterocycles. The predicted molar refractivity (Wildman–Crippen MR) is 59.8 cm³/mol. The van der Waals surface area contributed by atoms with Gasteiger partial charge in [0.05, 0.1) is 6.61 Å². The van der Waals surface area contributed by atoms with E-state index >= 15 is 0 Å². The molecule has 1 fully saturated rings. The van der Waals surface area contributed by atoms with Crippen molar-refractivity contribution in [2.24, 2.45) is 11.7 Å². The molecule has 0 atom stereocenters. The summed E-state index contributed by atoms with van der Waals surface area (Å²) in [5.74, 6) is 0.672. The van der Waals surface area contributed by atoms with E-state index in [4.69, 9.17) is 10.5 Å². The van der Waals surface area contributed by atoms with Gasteiger partial charge in [-0.3, -0.25) is 0 Å². The number of halogens is 2. The number of ether oxygens (including phenoxy) is 1. The van der Waals surface area contributed by atoms with Crippen molar-refractivity contribution in [3.8, 4) is 5.75 Å². The van der Waals surface area contributed by atoms with Gasteiger partial charge in [0.25, 0.3) is 0 Å². The summed E-state index contributed by atoms with van der Waals surface area (Å²) in [5.41, 5.74) is 6.19. The van der Waals surface area contributed by atoms with Crippen LogP contribution in [0.5, 0.6) is 5.75 Å². The Balaban J connectivity index is 0.00000112. The highest BCUT2D eigenvalue weighted by molar-refractivity contribution is 5.85. The van der Waals surface area contributed by atoms with Gasteiger partial charge in [0.1, 0.15) is 0 Å². The van der Waals surface area contributed by atoms with Gasteiger partial charge in [-0.1, -0.05) is 6.07 Å². The maximum Gasteiger partial charge on any atom is 0.165 e. The monoisotopic (exact) mass is 231 g/mol. The minimum absolute atomic E-state index is 0. The topological polar surface area (TPSA) is 35.2 Å². The highest BCUT2D eigenvalue weighted by Crippen LogP contribution is 2.30. The molecule has 0 saturated heterocycles. The summed E-state index contributed by atoms with van der Waals surface area (Å²) in [4.78, 5) is 0. The van der Waals surface area contributed by atoms with E-state index in [0.29, 0.717) is 24.8 Å². The van der Waals surface area contributed by atoms with Crippen LogP contribution in [0.3, 0.4) is 0 Å². The number of hydrogen-bond donors (Lipinski definition) is 1. The molecule has 1 aliphatic rings. The number of hydrogen-bond acceptors (Lipinski definition) is 2. The second kappa shape index (κ2) is 5.33. The Kier molecular flexibility index (Phi) is 4.36. The zero-order valence-corrected chi connectivity index (χ0v) is 9.23. The molecule has 0 aromatic heterocycles. The van der Waals surface area contributed by atoms with Crippen molar-refractivity contribution in [2.75, 3.05) is 6.61 Å². The van der Waals surface area contributed by atoms with Gasteiger partial charge in [-0.15, -0.1) is 12.4 Å². The highest BCUT2D eigenvalue weighted by atomic mass is 35.5. The summed E-state index contributed by atoms with van der Waals surface area (Å²) < 4.78 is 18.7. The Morgan fingerprint density at radius 1 is 1.40 bits per heavy atom. The fourth-order valence-corrected chi connectivity index (χ4v) is 1.28. The van der Waals surface area contributed by atoms with E-state index in [1.165, 1.54) is 18.9 Å². The van der Waals surface area contributed by atoms with E-state index < -0.39 is 0 Å². The lowest BCUT2D eigenvalue weighted by Gasteiger charge is -2.07. The summed E-state index contributed by atoms with van der Waals surface area (Å²) in [6.07, 6.45) is 2.42. The first-order chi connectivity index (χ1) is 6.79. The minimum atomic E-state index is -0.311. The maximum absolute atomic E-state index is 13.3. The molecular formula is C11H15ClFNO. The van der Waals surface area contributed by atoms with Crippen LogP contribution in [0.1, 0.15) is 18.4 Å². The van der Waals surface area contributed by atoms with Crippen molar-refractivity contribution in [1.29, 1.82) is 0 Å². The molecule has 2 N–H and O–H groups in total. The summed E-state index contributed by atoms with van der Waals surface area (Å²) in [7, 11) is 0. The van der Waals surface area contributed by atoms with Gasteiger partial charge in [0.15, 0.2) is 11.6 Å². The Bertz CT molecular complexity index is 328. The van der Waals surface area contributed by atoms with Crippen molar-refractivity contribution < 1.29 is 9.13 Å². The summed E-state index contributed by atoms with van der Waals surface area (Å²) in [5, 5.41) is 0. The second-order valence-electron chi connectivity index (χ2n) is 3.72. The summed E-state index contributed by atoms with van der Waals surface area (Å²) >= 11 is 0. The first kappa shape index (κ1) is 12.3. The van der Waals surface area contributed by atoms with Crippen molar-refractivity contribution in [1.82, 2.24) is 0 Å². The van der Waals surface area contributed by atoms with E-state index in [1.807, 2.05) is 0 Å². The normalized spacial score (nSPS) is 14.5. The Morgan fingerprint density at radius 3 is 2.67 bits per heavy atom. The second-order valence-corrected chi connectivity index (χ2v) is 3.72. The molecule has 0 unspecified atom stereocenters. The molecule has 1 aromatic carbocycles. The third-order valence-electron chi connectivity index (χ3n) is 2.40. The van der Waals surface area contributed by atoms with Crippen LogP contribution in [0.4, 0.5) is 4.39 Å². The van der Waals surface area contributed by atoms with Crippen molar-refractivity contribution in [3.05, 3.63) is 29.6 Å². The first-order valence-electron chi connectivity index (χ1n) is 4.91. The van der Waals surface area contributed by atoms with Crippen LogP contribution in [0.25, 0.3) is 0 Å². The first-order valence-corrected chi connectivity index (χ1v) is 4.91. The van der Waals surface area contributed by atoms with Gasteiger partial charge in [0.2, 0.25) is 0 Å². The molecule has 0 spiro atoms. The third kappa shape index (κ3) is 3.36. The molecule has 0 aliphatic heterocycles. The molecule has 0 radical (unpaired) electrons. The maximum atomic E-state index is 13.3. The van der Waals surface area contributed by atoms with Crippen LogP contribution in [-0.4, -0.2) is 6.61 Å². The lowest BCUT2D eigenvalue weighted by Crippen LogP contribution is -2.02. The number of nitrogens with two attached hydrogens (primary N) is 1. The molecule has 15 heavy (non-hydrogen) atoms. The number of rotatable bonds is 4. The number of benzene rings is 1. The zero-order valence-electron chi connectivity index (χ0n) is 8.41. The Morgan fingerprint density at radius 2 is 2.13 bits per heavy atom. The van der Waals surface area contributed by atoms with E-state index in [1.54, 1.807) is 12.1 Å². The van der Waals surface area contributed by atoms with Crippen molar-refractivity contribution in [2.45, 2.75) is 19.4 Å². The molecule has 2 rings (SSSR count). The molecule has 1 saturated carbocycles. The van der Waals surface area contributed by atoms with Gasteiger partial charge < -0.3 is 10.5 Å². The fraction of sp³-hybridized carbons (Fsp3) is 0.455. The van der Waals surface area contributed by atoms with E-state index in [2.05, 4.69) is 0 Å². The van der Waals surface area contributed by atoms with Gasteiger partial charge in [-0.05, 0) is 36.5 Å². The lowest BCUT2D eigenvalue weighted by molar-refractivity contribution is 0.285. The molecule has 4 heteroatoms. The van der Waals surface area contributed by atoms with Crippen LogP contribution in [0.15, 0.2) is 18.2 Å². The summed E-state index contributed by atoms with van der Waals surface area (Å²) in [6.45, 7) is 0.999. The van der Waals surface area contributed by atoms with Crippen LogP contribution in [0, 0.1) is 11.7 Å². The largest absolute Gasteiger partial charge is 0.490 e. The van der Waals surface area contributed by atoms with Crippen LogP contribution >= 0.6 is 12.4 Å². The van der Waals surface area contributed by atoms with Crippen molar-refractivity contribution >= 4 is 12.4 Å². The van der Waals surface area contributed by atoms with Gasteiger partial charge >= 0.3 is 0 Å². The predicted octanol–water partition coefficient (Wildman–Crippen LogP) is 2.50. The van der Waals surface area contributed by atoms with E-state index in [9.17, 15) is 4.39 Å². The van der Waals surface area contributed by atoms with E-state index in [0.717, 1.165) is 5.56 Å². The highest BCUT2D eigenvalue weighted by Gasteiger charge is 2.22. The Labute approximate surface area is 95.0 Å². The van der Waals surface area contributed by atoms with E-state index in [-0.39, 0.29) is 18.2 Å². The average Bonchev–Trinajstić information content (AvgIpc) is 2.99. The lowest BCUT2D eigenvalue weighted by atomic mass is 10.2. The zero-order chi connectivity index (χ0) is 9.97. The average molecular weight is 232 g/mol. The molecule has 2 nitrogen and oxygen atoms in total. The molecule has 0 amide bonds. The SMILES string of the molecule is Cl.NCc1ccc(OCC2CC2)c(F)c1. The molecule has 0 bridgehead atoms. The van der Waals surface area contributed by atoms with Crippen molar-refractivity contribution in [3.63, 3.8) is 0 Å². The minimum Gasteiger partial charge on any atom is -0.490 e. The van der Waals surface area contributed by atoms with Crippen LogP contribution in [-0.2, 0) is 6.54 Å². The van der Waals surface area contributed by atoms with Crippen LogP contribution < -0.4 is 10.5 Å². The smallest absolute Gasteiger partial charge is 0.165 e. The Hall–Kier alpha value is -0.800. The molecule has 1 aliphatic carbocycles. The van der Waals surface area contributed by atoms with Gasteiger partial charge in [-0.25, -0.2) is 4.39 Å². The molecule has 1 aromatic rings. The molecule has 84 valence electrons. The quantitative estimate of drug-likeness (QED) is 0.864. The summed E-state index contributed by atoms with van der Waals surface area (Å²) in [6, 6.07) is 4.88.